The molecule has 2 aromatic heterocycles. The van der Waals surface area contributed by atoms with Gasteiger partial charge in [-0.25, -0.2) is 9.78 Å². The van der Waals surface area contributed by atoms with Gasteiger partial charge in [0.15, 0.2) is 0 Å². The summed E-state index contributed by atoms with van der Waals surface area (Å²) in [4.78, 5) is 17.4. The molecular formula is C15H12N2O2S. The first-order valence-electron chi connectivity index (χ1n) is 6.10. The van der Waals surface area contributed by atoms with Gasteiger partial charge in [-0.1, -0.05) is 30.3 Å². The van der Waals surface area contributed by atoms with E-state index < -0.39 is 5.97 Å². The predicted molar refractivity (Wildman–Crippen MR) is 79.6 cm³/mol. The summed E-state index contributed by atoms with van der Waals surface area (Å²) in [5.74, 6) is -0.408. The summed E-state index contributed by atoms with van der Waals surface area (Å²) in [6.07, 6.45) is 1.68. The average molecular weight is 284 g/mol. The van der Waals surface area contributed by atoms with Crippen LogP contribution in [0.1, 0.15) is 15.2 Å². The molecule has 3 rings (SSSR count). The molecule has 1 aromatic carbocycles. The van der Waals surface area contributed by atoms with Crippen LogP contribution < -0.4 is 5.73 Å². The van der Waals surface area contributed by atoms with Crippen LogP contribution in [0.5, 0.6) is 0 Å². The molecule has 0 aliphatic rings. The SMILES string of the molecule is Nc1c(C(=O)OCc2ccccc2)sc2ncccc12. The molecule has 0 aliphatic carbocycles. The Morgan fingerprint density at radius 1 is 1.20 bits per heavy atom. The highest BCUT2D eigenvalue weighted by atomic mass is 32.1. The number of anilines is 1. The van der Waals surface area contributed by atoms with E-state index >= 15 is 0 Å². The molecule has 0 aliphatic heterocycles. The van der Waals surface area contributed by atoms with Crippen molar-refractivity contribution in [1.29, 1.82) is 0 Å². The molecule has 0 radical (unpaired) electrons. The summed E-state index contributed by atoms with van der Waals surface area (Å²) in [5, 5.41) is 0.796. The molecule has 0 saturated heterocycles. The first-order valence-corrected chi connectivity index (χ1v) is 6.91. The molecule has 0 atom stereocenters. The normalized spacial score (nSPS) is 10.6. The first-order chi connectivity index (χ1) is 9.75. The van der Waals surface area contributed by atoms with Gasteiger partial charge in [-0.05, 0) is 17.7 Å². The molecule has 4 nitrogen and oxygen atoms in total. The lowest BCUT2D eigenvalue weighted by atomic mass is 10.2. The number of benzene rings is 1. The molecule has 0 fully saturated rings. The standard InChI is InChI=1S/C15H12N2O2S/c16-12-11-7-4-8-17-14(11)20-13(12)15(18)19-9-10-5-2-1-3-6-10/h1-8H,9,16H2. The van der Waals surface area contributed by atoms with E-state index in [0.717, 1.165) is 15.8 Å². The van der Waals surface area contributed by atoms with Crippen molar-refractivity contribution in [1.82, 2.24) is 4.98 Å². The Bertz CT molecular complexity index is 753. The maximum absolute atomic E-state index is 12.1. The predicted octanol–water partition coefficient (Wildman–Crippen LogP) is 3.24. The van der Waals surface area contributed by atoms with Gasteiger partial charge < -0.3 is 10.5 Å². The third-order valence-electron chi connectivity index (χ3n) is 2.90. The van der Waals surface area contributed by atoms with Crippen molar-refractivity contribution in [3.63, 3.8) is 0 Å². The van der Waals surface area contributed by atoms with E-state index in [9.17, 15) is 4.79 Å². The minimum atomic E-state index is -0.408. The Hall–Kier alpha value is -2.40. The summed E-state index contributed by atoms with van der Waals surface area (Å²) in [7, 11) is 0. The summed E-state index contributed by atoms with van der Waals surface area (Å²) in [5.41, 5.74) is 7.36. The summed E-state index contributed by atoms with van der Waals surface area (Å²) in [6.45, 7) is 0.237. The van der Waals surface area contributed by atoms with Gasteiger partial charge in [-0.3, -0.25) is 0 Å². The molecule has 0 saturated carbocycles. The maximum Gasteiger partial charge on any atom is 0.350 e. The number of nitrogen functional groups attached to an aromatic ring is 1. The van der Waals surface area contributed by atoms with Crippen LogP contribution in [0.25, 0.3) is 10.2 Å². The maximum atomic E-state index is 12.1. The number of carbonyl (C=O) groups excluding carboxylic acids is 1. The van der Waals surface area contributed by atoms with Crippen molar-refractivity contribution < 1.29 is 9.53 Å². The van der Waals surface area contributed by atoms with E-state index in [4.69, 9.17) is 10.5 Å². The van der Waals surface area contributed by atoms with E-state index in [-0.39, 0.29) is 6.61 Å². The van der Waals surface area contributed by atoms with E-state index in [1.54, 1.807) is 12.3 Å². The van der Waals surface area contributed by atoms with Crippen molar-refractivity contribution in [2.45, 2.75) is 6.61 Å². The lowest BCUT2D eigenvalue weighted by Crippen LogP contribution is -2.05. The van der Waals surface area contributed by atoms with Crippen LogP contribution in [0.3, 0.4) is 0 Å². The van der Waals surface area contributed by atoms with Crippen LogP contribution >= 0.6 is 11.3 Å². The molecule has 0 spiro atoms. The van der Waals surface area contributed by atoms with Crippen molar-refractivity contribution in [2.24, 2.45) is 0 Å². The Balaban J connectivity index is 1.81. The number of nitrogens with two attached hydrogens (primary N) is 1. The van der Waals surface area contributed by atoms with Gasteiger partial charge in [-0.15, -0.1) is 11.3 Å². The minimum absolute atomic E-state index is 0.237. The summed E-state index contributed by atoms with van der Waals surface area (Å²) in [6, 6.07) is 13.2. The number of nitrogens with zero attached hydrogens (tertiary/aromatic N) is 1. The zero-order valence-corrected chi connectivity index (χ0v) is 11.4. The second-order valence-corrected chi connectivity index (χ2v) is 5.26. The highest BCUT2D eigenvalue weighted by Crippen LogP contribution is 2.32. The van der Waals surface area contributed by atoms with Crippen LogP contribution in [-0.2, 0) is 11.3 Å². The summed E-state index contributed by atoms with van der Waals surface area (Å²) < 4.78 is 5.29. The Kier molecular flexibility index (Phi) is 3.35. The highest BCUT2D eigenvalue weighted by Gasteiger charge is 2.18. The number of rotatable bonds is 3. The molecule has 5 heteroatoms. The van der Waals surface area contributed by atoms with Gasteiger partial charge in [0.05, 0.1) is 5.69 Å². The number of aromatic nitrogens is 1. The van der Waals surface area contributed by atoms with Gasteiger partial charge in [-0.2, -0.15) is 0 Å². The van der Waals surface area contributed by atoms with Crippen LogP contribution in [0.4, 0.5) is 5.69 Å². The number of ether oxygens (including phenoxy) is 1. The van der Waals surface area contributed by atoms with Crippen molar-refractivity contribution >= 4 is 33.2 Å². The van der Waals surface area contributed by atoms with Gasteiger partial charge >= 0.3 is 5.97 Å². The second-order valence-electron chi connectivity index (χ2n) is 4.26. The van der Waals surface area contributed by atoms with Crippen molar-refractivity contribution in [2.75, 3.05) is 5.73 Å². The highest BCUT2D eigenvalue weighted by molar-refractivity contribution is 7.21. The van der Waals surface area contributed by atoms with Crippen LogP contribution in [-0.4, -0.2) is 11.0 Å². The monoisotopic (exact) mass is 284 g/mol. The van der Waals surface area contributed by atoms with Gasteiger partial charge in [0.2, 0.25) is 0 Å². The number of hydrogen-bond acceptors (Lipinski definition) is 5. The Morgan fingerprint density at radius 3 is 2.75 bits per heavy atom. The first kappa shape index (κ1) is 12.6. The van der Waals surface area contributed by atoms with Crippen LogP contribution in [0.2, 0.25) is 0 Å². The zero-order chi connectivity index (χ0) is 13.9. The van der Waals surface area contributed by atoms with Crippen LogP contribution in [0, 0.1) is 0 Å². The van der Waals surface area contributed by atoms with E-state index in [1.807, 2.05) is 36.4 Å². The second kappa shape index (κ2) is 5.30. The number of fused-ring (bicyclic) bond motifs is 1. The number of carbonyl (C=O) groups is 1. The van der Waals surface area contributed by atoms with Gasteiger partial charge in [0.25, 0.3) is 0 Å². The largest absolute Gasteiger partial charge is 0.457 e. The Morgan fingerprint density at radius 2 is 2.00 bits per heavy atom. The third kappa shape index (κ3) is 2.35. The quantitative estimate of drug-likeness (QED) is 0.750. The third-order valence-corrected chi connectivity index (χ3v) is 4.01. The Labute approximate surface area is 119 Å². The smallest absolute Gasteiger partial charge is 0.350 e. The van der Waals surface area contributed by atoms with Crippen molar-refractivity contribution in [3.05, 3.63) is 59.1 Å². The molecule has 0 amide bonds. The average Bonchev–Trinajstić information content (AvgIpc) is 2.84. The fourth-order valence-electron chi connectivity index (χ4n) is 1.89. The van der Waals surface area contributed by atoms with E-state index in [2.05, 4.69) is 4.98 Å². The van der Waals surface area contributed by atoms with E-state index in [1.165, 1.54) is 11.3 Å². The molecular weight excluding hydrogens is 272 g/mol. The fraction of sp³-hybridized carbons (Fsp3) is 0.0667. The number of esters is 1. The molecule has 2 heterocycles. The lowest BCUT2D eigenvalue weighted by Gasteiger charge is -2.03. The molecule has 0 bridgehead atoms. The fourth-order valence-corrected chi connectivity index (χ4v) is 2.85. The molecule has 3 aromatic rings. The van der Waals surface area contributed by atoms with E-state index in [0.29, 0.717) is 10.6 Å². The van der Waals surface area contributed by atoms with Gasteiger partial charge in [0.1, 0.15) is 16.3 Å². The molecule has 20 heavy (non-hydrogen) atoms. The number of hydrogen-bond donors (Lipinski definition) is 1. The topological polar surface area (TPSA) is 65.2 Å². The lowest BCUT2D eigenvalue weighted by molar-refractivity contribution is 0.0480. The zero-order valence-electron chi connectivity index (χ0n) is 10.6. The summed E-state index contributed by atoms with van der Waals surface area (Å²) >= 11 is 1.26. The van der Waals surface area contributed by atoms with Gasteiger partial charge in [0, 0.05) is 11.6 Å². The minimum Gasteiger partial charge on any atom is -0.457 e. The molecule has 2 N–H and O–H groups in total. The molecule has 0 unspecified atom stereocenters. The number of pyridine rings is 1. The van der Waals surface area contributed by atoms with Crippen molar-refractivity contribution in [3.8, 4) is 0 Å². The molecule has 100 valence electrons. The van der Waals surface area contributed by atoms with Crippen LogP contribution in [0.15, 0.2) is 48.7 Å². The number of thiophene rings is 1.